The van der Waals surface area contributed by atoms with Crippen LogP contribution in [0.15, 0.2) is 0 Å². The minimum Gasteiger partial charge on any atom is -0.463 e. The van der Waals surface area contributed by atoms with E-state index in [0.29, 0.717) is 26.4 Å². The predicted molar refractivity (Wildman–Crippen MR) is 53.1 cm³/mol. The van der Waals surface area contributed by atoms with Crippen LogP contribution in [0.4, 0.5) is 0 Å². The van der Waals surface area contributed by atoms with E-state index in [0.717, 1.165) is 0 Å². The fourth-order valence-corrected chi connectivity index (χ4v) is 0.654. The fraction of sp³-hybridized carbons (Fsp3) is 0.900. The van der Waals surface area contributed by atoms with E-state index < -0.39 is 5.41 Å². The number of hydrogen-bond acceptors (Lipinski definition) is 4. The third-order valence-corrected chi connectivity index (χ3v) is 1.50. The van der Waals surface area contributed by atoms with Gasteiger partial charge in [0.1, 0.15) is 6.61 Å². The predicted octanol–water partition coefficient (Wildman–Crippen LogP) is 1.24. The quantitative estimate of drug-likeness (QED) is 0.482. The van der Waals surface area contributed by atoms with Gasteiger partial charge >= 0.3 is 5.97 Å². The summed E-state index contributed by atoms with van der Waals surface area (Å²) in [6, 6.07) is 0. The molecule has 0 aliphatic rings. The van der Waals surface area contributed by atoms with Gasteiger partial charge in [0.15, 0.2) is 0 Å². The Kier molecular flexibility index (Phi) is 6.49. The van der Waals surface area contributed by atoms with Gasteiger partial charge in [-0.15, -0.1) is 0 Å². The highest BCUT2D eigenvalue weighted by Gasteiger charge is 2.22. The Morgan fingerprint density at radius 1 is 1.07 bits per heavy atom. The van der Waals surface area contributed by atoms with Crippen LogP contribution in [-0.4, -0.2) is 39.5 Å². The topological polar surface area (TPSA) is 44.8 Å². The summed E-state index contributed by atoms with van der Waals surface area (Å²) in [5.41, 5.74) is -0.438. The second kappa shape index (κ2) is 6.79. The van der Waals surface area contributed by atoms with Crippen molar-refractivity contribution in [2.24, 2.45) is 5.41 Å². The monoisotopic (exact) mass is 204 g/mol. The highest BCUT2D eigenvalue weighted by Crippen LogP contribution is 2.14. The summed E-state index contributed by atoms with van der Waals surface area (Å²) in [6.45, 7) is 7.28. The molecule has 14 heavy (non-hydrogen) atoms. The van der Waals surface area contributed by atoms with Gasteiger partial charge in [-0.2, -0.15) is 0 Å². The maximum Gasteiger partial charge on any atom is 0.311 e. The summed E-state index contributed by atoms with van der Waals surface area (Å²) >= 11 is 0. The number of ether oxygens (including phenoxy) is 3. The lowest BCUT2D eigenvalue weighted by atomic mass is 9.97. The van der Waals surface area contributed by atoms with Crippen LogP contribution >= 0.6 is 0 Å². The van der Waals surface area contributed by atoms with E-state index in [-0.39, 0.29) is 5.97 Å². The molecular formula is C10H20O4. The molecule has 0 bridgehead atoms. The van der Waals surface area contributed by atoms with Crippen molar-refractivity contribution in [3.63, 3.8) is 0 Å². The van der Waals surface area contributed by atoms with Crippen molar-refractivity contribution in [1.29, 1.82) is 0 Å². The zero-order valence-corrected chi connectivity index (χ0v) is 9.46. The normalized spacial score (nSPS) is 11.4. The minimum absolute atomic E-state index is 0.201. The Bertz CT molecular complexity index is 160. The zero-order valence-electron chi connectivity index (χ0n) is 9.46. The fourth-order valence-electron chi connectivity index (χ4n) is 0.654. The molecule has 0 aliphatic carbocycles. The summed E-state index contributed by atoms with van der Waals surface area (Å²) in [5.74, 6) is -0.201. The van der Waals surface area contributed by atoms with Crippen molar-refractivity contribution in [2.75, 3.05) is 33.5 Å². The van der Waals surface area contributed by atoms with Gasteiger partial charge in [-0.05, 0) is 20.8 Å². The molecule has 0 aromatic heterocycles. The molecule has 0 rings (SSSR count). The van der Waals surface area contributed by atoms with Gasteiger partial charge < -0.3 is 14.2 Å². The first kappa shape index (κ1) is 13.4. The number of rotatable bonds is 6. The molecule has 0 N–H and O–H groups in total. The Labute approximate surface area is 85.5 Å². The molecule has 0 spiro atoms. The molecule has 4 heteroatoms. The van der Waals surface area contributed by atoms with Crippen molar-refractivity contribution in [3.8, 4) is 0 Å². The summed E-state index contributed by atoms with van der Waals surface area (Å²) in [7, 11) is 1.61. The largest absolute Gasteiger partial charge is 0.463 e. The number of methoxy groups -OCH3 is 1. The van der Waals surface area contributed by atoms with Crippen LogP contribution in [-0.2, 0) is 19.0 Å². The van der Waals surface area contributed by atoms with E-state index in [9.17, 15) is 4.79 Å². The molecule has 84 valence electrons. The van der Waals surface area contributed by atoms with Crippen molar-refractivity contribution in [3.05, 3.63) is 0 Å². The van der Waals surface area contributed by atoms with Crippen LogP contribution in [0.2, 0.25) is 0 Å². The lowest BCUT2D eigenvalue weighted by Crippen LogP contribution is -2.24. The Balaban J connectivity index is 3.33. The molecule has 0 aromatic carbocycles. The highest BCUT2D eigenvalue weighted by atomic mass is 16.6. The zero-order chi connectivity index (χ0) is 11.0. The second-order valence-corrected chi connectivity index (χ2v) is 3.99. The lowest BCUT2D eigenvalue weighted by molar-refractivity contribution is -0.154. The number of hydrogen-bond donors (Lipinski definition) is 0. The van der Waals surface area contributed by atoms with Crippen LogP contribution in [0.1, 0.15) is 20.8 Å². The molecule has 0 radical (unpaired) electrons. The molecule has 0 atom stereocenters. The van der Waals surface area contributed by atoms with Gasteiger partial charge in [-0.1, -0.05) is 0 Å². The summed E-state index contributed by atoms with van der Waals surface area (Å²) in [5, 5.41) is 0. The number of carbonyl (C=O) groups is 1. The van der Waals surface area contributed by atoms with E-state index in [1.165, 1.54) is 0 Å². The molecule has 0 saturated heterocycles. The SMILES string of the molecule is COCCOCCOC(=O)C(C)(C)C. The van der Waals surface area contributed by atoms with Crippen molar-refractivity contribution < 1.29 is 19.0 Å². The number of esters is 1. The Hall–Kier alpha value is -0.610. The van der Waals surface area contributed by atoms with Gasteiger partial charge in [-0.3, -0.25) is 4.79 Å². The Morgan fingerprint density at radius 2 is 1.64 bits per heavy atom. The molecule has 0 fully saturated rings. The molecule has 0 amide bonds. The van der Waals surface area contributed by atoms with Gasteiger partial charge in [0, 0.05) is 7.11 Å². The average Bonchev–Trinajstić information content (AvgIpc) is 2.09. The molecule has 0 heterocycles. The minimum atomic E-state index is -0.438. The maximum atomic E-state index is 11.3. The van der Waals surface area contributed by atoms with Gasteiger partial charge in [0.2, 0.25) is 0 Å². The van der Waals surface area contributed by atoms with Gasteiger partial charge in [-0.25, -0.2) is 0 Å². The third-order valence-electron chi connectivity index (χ3n) is 1.50. The Morgan fingerprint density at radius 3 is 2.14 bits per heavy atom. The molecule has 0 unspecified atom stereocenters. The van der Waals surface area contributed by atoms with Gasteiger partial charge in [0.05, 0.1) is 25.2 Å². The standard InChI is InChI=1S/C10H20O4/c1-10(2,3)9(11)14-8-7-13-6-5-12-4/h5-8H2,1-4H3. The van der Waals surface area contributed by atoms with Crippen LogP contribution in [0.5, 0.6) is 0 Å². The molecule has 0 aromatic rings. The smallest absolute Gasteiger partial charge is 0.311 e. The van der Waals surface area contributed by atoms with Crippen LogP contribution in [0.25, 0.3) is 0 Å². The first-order valence-electron chi connectivity index (χ1n) is 4.72. The molecule has 4 nitrogen and oxygen atoms in total. The van der Waals surface area contributed by atoms with Crippen LogP contribution < -0.4 is 0 Å². The summed E-state index contributed by atoms with van der Waals surface area (Å²) in [6.07, 6.45) is 0. The van der Waals surface area contributed by atoms with Crippen LogP contribution in [0.3, 0.4) is 0 Å². The molecule has 0 saturated carbocycles. The average molecular weight is 204 g/mol. The summed E-state index contributed by atoms with van der Waals surface area (Å²) < 4.78 is 14.9. The first-order chi connectivity index (χ1) is 6.48. The van der Waals surface area contributed by atoms with E-state index in [1.807, 2.05) is 20.8 Å². The van der Waals surface area contributed by atoms with Crippen molar-refractivity contribution in [2.45, 2.75) is 20.8 Å². The molecular weight excluding hydrogens is 184 g/mol. The third kappa shape index (κ3) is 6.86. The van der Waals surface area contributed by atoms with E-state index in [4.69, 9.17) is 14.2 Å². The van der Waals surface area contributed by atoms with Crippen LogP contribution in [0, 0.1) is 5.41 Å². The van der Waals surface area contributed by atoms with Gasteiger partial charge in [0.25, 0.3) is 0 Å². The maximum absolute atomic E-state index is 11.3. The second-order valence-electron chi connectivity index (χ2n) is 3.99. The molecule has 0 aliphatic heterocycles. The van der Waals surface area contributed by atoms with Crippen molar-refractivity contribution in [1.82, 2.24) is 0 Å². The van der Waals surface area contributed by atoms with Crippen molar-refractivity contribution >= 4 is 5.97 Å². The lowest BCUT2D eigenvalue weighted by Gasteiger charge is -2.16. The highest BCUT2D eigenvalue weighted by molar-refractivity contribution is 5.75. The summed E-state index contributed by atoms with van der Waals surface area (Å²) in [4.78, 5) is 11.3. The van der Waals surface area contributed by atoms with E-state index in [1.54, 1.807) is 7.11 Å². The van der Waals surface area contributed by atoms with E-state index in [2.05, 4.69) is 0 Å². The van der Waals surface area contributed by atoms with E-state index >= 15 is 0 Å². The first-order valence-corrected chi connectivity index (χ1v) is 4.72. The number of carbonyl (C=O) groups excluding carboxylic acids is 1.